The summed E-state index contributed by atoms with van der Waals surface area (Å²) >= 11 is 5.88. The Morgan fingerprint density at radius 3 is 2.59 bits per heavy atom. The van der Waals surface area contributed by atoms with Gasteiger partial charge in [0, 0.05) is 16.6 Å². The average molecular weight is 420 g/mol. The number of carbonyl (C=O) groups is 1. The molecule has 0 spiro atoms. The van der Waals surface area contributed by atoms with Crippen LogP contribution in [0.2, 0.25) is 5.02 Å². The van der Waals surface area contributed by atoms with Gasteiger partial charge in [-0.15, -0.1) is 10.2 Å². The fourth-order valence-corrected chi connectivity index (χ4v) is 3.05. The summed E-state index contributed by atoms with van der Waals surface area (Å²) in [5, 5.41) is 8.62. The molecule has 2 aromatic carbocycles. The Bertz CT molecular complexity index is 1010. The lowest BCUT2D eigenvalue weighted by atomic mass is 10.1. The minimum absolute atomic E-state index is 0.00649. The van der Waals surface area contributed by atoms with Crippen LogP contribution in [0.5, 0.6) is 5.75 Å². The van der Waals surface area contributed by atoms with Gasteiger partial charge in [-0.3, -0.25) is 4.79 Å². The van der Waals surface area contributed by atoms with E-state index in [1.165, 1.54) is 18.2 Å². The molecule has 29 heavy (non-hydrogen) atoms. The maximum absolute atomic E-state index is 13.0. The van der Waals surface area contributed by atoms with Crippen molar-refractivity contribution in [2.24, 2.45) is 0 Å². The summed E-state index contributed by atoms with van der Waals surface area (Å²) in [6, 6.07) is 12.9. The van der Waals surface area contributed by atoms with Crippen LogP contribution in [0, 0.1) is 0 Å². The molecule has 1 amide bonds. The molecular formula is C20H16ClF2N3O3. The third kappa shape index (κ3) is 4.54. The molecule has 1 heterocycles. The van der Waals surface area contributed by atoms with Gasteiger partial charge in [0.05, 0.1) is 12.1 Å². The van der Waals surface area contributed by atoms with Crippen LogP contribution in [0.3, 0.4) is 0 Å². The van der Waals surface area contributed by atoms with E-state index in [2.05, 4.69) is 14.9 Å². The van der Waals surface area contributed by atoms with Gasteiger partial charge in [-0.05, 0) is 49.2 Å². The molecule has 0 unspecified atom stereocenters. The summed E-state index contributed by atoms with van der Waals surface area (Å²) in [5.74, 6) is -0.0238. The topological polar surface area (TPSA) is 68.5 Å². The quantitative estimate of drug-likeness (QED) is 0.550. The van der Waals surface area contributed by atoms with E-state index >= 15 is 0 Å². The molecule has 6 nitrogen and oxygen atoms in total. The van der Waals surface area contributed by atoms with Crippen LogP contribution in [-0.4, -0.2) is 33.7 Å². The molecule has 0 radical (unpaired) electrons. The molecule has 1 aliphatic rings. The normalized spacial score (nSPS) is 13.5. The van der Waals surface area contributed by atoms with Crippen molar-refractivity contribution >= 4 is 17.5 Å². The molecule has 3 aromatic rings. The molecule has 1 saturated carbocycles. The summed E-state index contributed by atoms with van der Waals surface area (Å²) in [5.41, 5.74) is 0.769. The first-order chi connectivity index (χ1) is 14.0. The zero-order valence-corrected chi connectivity index (χ0v) is 15.9. The SMILES string of the molecule is O=C(c1ccccc1OC(F)F)N(Cc1nnc(-c2ccc(Cl)cc2)o1)C1CC1. The van der Waals surface area contributed by atoms with Crippen molar-refractivity contribution in [3.8, 4) is 17.2 Å². The number of amides is 1. The van der Waals surface area contributed by atoms with E-state index in [1.807, 2.05) is 0 Å². The fourth-order valence-electron chi connectivity index (χ4n) is 2.92. The highest BCUT2D eigenvalue weighted by atomic mass is 35.5. The number of hydrogen-bond donors (Lipinski definition) is 0. The van der Waals surface area contributed by atoms with E-state index in [4.69, 9.17) is 16.0 Å². The third-order valence-electron chi connectivity index (χ3n) is 4.45. The van der Waals surface area contributed by atoms with Crippen molar-refractivity contribution in [3.63, 3.8) is 0 Å². The number of aromatic nitrogens is 2. The predicted octanol–water partition coefficient (Wildman–Crippen LogP) is 4.80. The molecule has 1 fully saturated rings. The molecule has 4 rings (SSSR count). The van der Waals surface area contributed by atoms with Gasteiger partial charge in [-0.2, -0.15) is 8.78 Å². The molecule has 9 heteroatoms. The summed E-state index contributed by atoms with van der Waals surface area (Å²) in [6.45, 7) is -2.94. The van der Waals surface area contributed by atoms with Gasteiger partial charge in [-0.25, -0.2) is 0 Å². The van der Waals surface area contributed by atoms with E-state index in [0.717, 1.165) is 12.8 Å². The van der Waals surface area contributed by atoms with Gasteiger partial charge in [-0.1, -0.05) is 23.7 Å². The second-order valence-electron chi connectivity index (χ2n) is 6.55. The number of benzene rings is 2. The summed E-state index contributed by atoms with van der Waals surface area (Å²) in [4.78, 5) is 14.6. The lowest BCUT2D eigenvalue weighted by Crippen LogP contribution is -2.33. The van der Waals surface area contributed by atoms with Crippen molar-refractivity contribution in [1.82, 2.24) is 15.1 Å². The van der Waals surface area contributed by atoms with Gasteiger partial charge < -0.3 is 14.1 Å². The van der Waals surface area contributed by atoms with Gasteiger partial charge in [0.15, 0.2) is 0 Å². The Hall–Kier alpha value is -3.00. The highest BCUT2D eigenvalue weighted by Crippen LogP contribution is 2.32. The van der Waals surface area contributed by atoms with E-state index in [1.54, 1.807) is 35.2 Å². The molecule has 150 valence electrons. The van der Waals surface area contributed by atoms with Gasteiger partial charge in [0.1, 0.15) is 5.75 Å². The first-order valence-electron chi connectivity index (χ1n) is 8.94. The zero-order valence-electron chi connectivity index (χ0n) is 15.1. The second-order valence-corrected chi connectivity index (χ2v) is 6.98. The molecule has 0 bridgehead atoms. The Kier molecular flexibility index (Phi) is 5.44. The van der Waals surface area contributed by atoms with E-state index in [0.29, 0.717) is 16.5 Å². The third-order valence-corrected chi connectivity index (χ3v) is 4.70. The number of rotatable bonds is 7. The number of alkyl halides is 2. The Morgan fingerprint density at radius 1 is 1.17 bits per heavy atom. The van der Waals surface area contributed by atoms with Gasteiger partial charge in [0.2, 0.25) is 11.8 Å². The van der Waals surface area contributed by atoms with Crippen molar-refractivity contribution in [2.45, 2.75) is 32.0 Å². The van der Waals surface area contributed by atoms with Crippen LogP contribution >= 0.6 is 11.6 Å². The Balaban J connectivity index is 1.55. The fraction of sp³-hybridized carbons (Fsp3) is 0.250. The lowest BCUT2D eigenvalue weighted by Gasteiger charge is -2.22. The van der Waals surface area contributed by atoms with Crippen molar-refractivity contribution in [2.75, 3.05) is 0 Å². The zero-order chi connectivity index (χ0) is 20.4. The standard InChI is InChI=1S/C20H16ClF2N3O3/c21-13-7-5-12(6-8-13)18-25-24-17(29-18)11-26(14-9-10-14)19(27)15-3-1-2-4-16(15)28-20(22)23/h1-8,14,20H,9-11H2. The predicted molar refractivity (Wildman–Crippen MR) is 101 cm³/mol. The monoisotopic (exact) mass is 419 g/mol. The lowest BCUT2D eigenvalue weighted by molar-refractivity contribution is -0.0503. The molecular weight excluding hydrogens is 404 g/mol. The number of para-hydroxylation sites is 1. The number of nitrogens with zero attached hydrogens (tertiary/aromatic N) is 3. The van der Waals surface area contributed by atoms with Gasteiger partial charge >= 0.3 is 6.61 Å². The van der Waals surface area contributed by atoms with Crippen molar-refractivity contribution in [3.05, 3.63) is 65.0 Å². The average Bonchev–Trinajstić information content (AvgIpc) is 3.44. The molecule has 1 aliphatic carbocycles. The summed E-state index contributed by atoms with van der Waals surface area (Å²) in [7, 11) is 0. The van der Waals surface area contributed by atoms with Crippen molar-refractivity contribution < 1.29 is 22.7 Å². The first kappa shape index (κ1) is 19.3. The first-order valence-corrected chi connectivity index (χ1v) is 9.32. The van der Waals surface area contributed by atoms with E-state index < -0.39 is 12.5 Å². The highest BCUT2D eigenvalue weighted by Gasteiger charge is 2.35. The van der Waals surface area contributed by atoms with E-state index in [9.17, 15) is 13.6 Å². The smallest absolute Gasteiger partial charge is 0.387 e. The highest BCUT2D eigenvalue weighted by molar-refractivity contribution is 6.30. The molecule has 0 atom stereocenters. The van der Waals surface area contributed by atoms with Crippen LogP contribution in [-0.2, 0) is 6.54 Å². The summed E-state index contributed by atoms with van der Waals surface area (Å²) in [6.07, 6.45) is 1.64. The number of hydrogen-bond acceptors (Lipinski definition) is 5. The second kappa shape index (κ2) is 8.16. The number of carbonyl (C=O) groups excluding carboxylic acids is 1. The largest absolute Gasteiger partial charge is 0.434 e. The van der Waals surface area contributed by atoms with Crippen molar-refractivity contribution in [1.29, 1.82) is 0 Å². The molecule has 0 N–H and O–H groups in total. The summed E-state index contributed by atoms with van der Waals surface area (Å²) < 4.78 is 35.5. The van der Waals surface area contributed by atoms with Gasteiger partial charge in [0.25, 0.3) is 5.91 Å². The Labute approximate surface area is 170 Å². The maximum atomic E-state index is 13.0. The molecule has 0 aliphatic heterocycles. The van der Waals surface area contributed by atoms with Crippen LogP contribution in [0.25, 0.3) is 11.5 Å². The van der Waals surface area contributed by atoms with Crippen LogP contribution in [0.1, 0.15) is 29.1 Å². The number of ether oxygens (including phenoxy) is 1. The maximum Gasteiger partial charge on any atom is 0.387 e. The molecule has 0 saturated heterocycles. The minimum Gasteiger partial charge on any atom is -0.434 e. The van der Waals surface area contributed by atoms with Crippen LogP contribution < -0.4 is 4.74 Å². The number of halogens is 3. The van der Waals surface area contributed by atoms with Crippen LogP contribution in [0.4, 0.5) is 8.78 Å². The van der Waals surface area contributed by atoms with E-state index in [-0.39, 0.29) is 29.8 Å². The minimum atomic E-state index is -3.02. The molecule has 1 aromatic heterocycles. The Morgan fingerprint density at radius 2 is 1.90 bits per heavy atom. The van der Waals surface area contributed by atoms with Crippen LogP contribution in [0.15, 0.2) is 52.9 Å².